The molecule has 1 atom stereocenters. The van der Waals surface area contributed by atoms with E-state index < -0.39 is 17.7 Å². The molecule has 0 saturated carbocycles. The number of amides is 1. The highest BCUT2D eigenvalue weighted by atomic mass is 79.9. The van der Waals surface area contributed by atoms with Gasteiger partial charge in [-0.15, -0.1) is 0 Å². The standard InChI is InChI=1S/C23H16BrClN2O3/c24-17-5-1-4-16(11-17)20-19(21(28)15-6-8-18(25)9-7-15)22(29)23(30)27(20)13-14-3-2-10-26-12-14/h1-12,20,28H,13H2/t20-/m0/s1. The average Bonchev–Trinajstić information content (AvgIpc) is 2.99. The minimum absolute atomic E-state index is 0.0457. The number of likely N-dealkylation sites (tertiary alicyclic amines) is 1. The third-order valence-corrected chi connectivity index (χ3v) is 5.64. The Morgan fingerprint density at radius 2 is 1.87 bits per heavy atom. The Labute approximate surface area is 186 Å². The van der Waals surface area contributed by atoms with Crippen molar-refractivity contribution in [2.45, 2.75) is 12.6 Å². The van der Waals surface area contributed by atoms with Gasteiger partial charge in [-0.05, 0) is 53.6 Å². The molecule has 1 N–H and O–H groups in total. The summed E-state index contributed by atoms with van der Waals surface area (Å²) in [6, 6.07) is 16.7. The molecular weight excluding hydrogens is 468 g/mol. The van der Waals surface area contributed by atoms with Crippen LogP contribution in [0.15, 0.2) is 83.1 Å². The molecule has 1 aromatic heterocycles. The number of carbonyl (C=O) groups is 2. The lowest BCUT2D eigenvalue weighted by Gasteiger charge is -2.25. The van der Waals surface area contributed by atoms with E-state index in [-0.39, 0.29) is 17.9 Å². The van der Waals surface area contributed by atoms with Crippen LogP contribution in [0.25, 0.3) is 5.76 Å². The number of aromatic nitrogens is 1. The van der Waals surface area contributed by atoms with Crippen LogP contribution in [0.1, 0.15) is 22.7 Å². The highest BCUT2D eigenvalue weighted by molar-refractivity contribution is 9.10. The molecule has 1 saturated heterocycles. The Morgan fingerprint density at radius 1 is 1.10 bits per heavy atom. The fourth-order valence-electron chi connectivity index (χ4n) is 3.52. The molecule has 5 nitrogen and oxygen atoms in total. The van der Waals surface area contributed by atoms with Crippen LogP contribution >= 0.6 is 27.5 Å². The van der Waals surface area contributed by atoms with Crippen molar-refractivity contribution in [2.24, 2.45) is 0 Å². The molecule has 4 rings (SSSR count). The van der Waals surface area contributed by atoms with Crippen LogP contribution < -0.4 is 0 Å². The van der Waals surface area contributed by atoms with Gasteiger partial charge in [0.15, 0.2) is 0 Å². The van der Waals surface area contributed by atoms with E-state index in [1.165, 1.54) is 4.90 Å². The van der Waals surface area contributed by atoms with Gasteiger partial charge in [-0.2, -0.15) is 0 Å². The van der Waals surface area contributed by atoms with Crippen molar-refractivity contribution in [3.63, 3.8) is 0 Å². The number of pyridine rings is 1. The predicted molar refractivity (Wildman–Crippen MR) is 118 cm³/mol. The SMILES string of the molecule is O=C1C(=O)N(Cc2cccnc2)[C@@H](c2cccc(Br)c2)C1=C(O)c1ccc(Cl)cc1. The number of aliphatic hydroxyl groups excluding tert-OH is 1. The maximum Gasteiger partial charge on any atom is 0.295 e. The van der Waals surface area contributed by atoms with Crippen molar-refractivity contribution in [1.29, 1.82) is 0 Å². The first-order valence-corrected chi connectivity index (χ1v) is 10.3. The van der Waals surface area contributed by atoms with Crippen molar-refractivity contribution in [2.75, 3.05) is 0 Å². The van der Waals surface area contributed by atoms with Gasteiger partial charge >= 0.3 is 0 Å². The summed E-state index contributed by atoms with van der Waals surface area (Å²) >= 11 is 9.39. The summed E-state index contributed by atoms with van der Waals surface area (Å²) in [4.78, 5) is 31.5. The van der Waals surface area contributed by atoms with Gasteiger partial charge in [0.1, 0.15) is 5.76 Å². The second-order valence-corrected chi connectivity index (χ2v) is 8.20. The number of nitrogens with zero attached hydrogens (tertiary/aromatic N) is 2. The number of halogens is 2. The zero-order chi connectivity index (χ0) is 21.3. The van der Waals surface area contributed by atoms with Gasteiger partial charge in [0, 0.05) is 34.0 Å². The van der Waals surface area contributed by atoms with Crippen LogP contribution in [0.3, 0.4) is 0 Å². The Kier molecular flexibility index (Phi) is 5.70. The number of ketones is 1. The van der Waals surface area contributed by atoms with Crippen LogP contribution in [0.4, 0.5) is 0 Å². The van der Waals surface area contributed by atoms with Gasteiger partial charge in [0.25, 0.3) is 11.7 Å². The van der Waals surface area contributed by atoms with Crippen LogP contribution in [0.2, 0.25) is 5.02 Å². The smallest absolute Gasteiger partial charge is 0.295 e. The van der Waals surface area contributed by atoms with Crippen LogP contribution in [0.5, 0.6) is 0 Å². The molecule has 0 bridgehead atoms. The molecule has 1 aliphatic rings. The third-order valence-electron chi connectivity index (χ3n) is 4.90. The molecular formula is C23H16BrClN2O3. The number of hydrogen-bond donors (Lipinski definition) is 1. The second-order valence-electron chi connectivity index (χ2n) is 6.85. The molecule has 1 fully saturated rings. The first-order valence-electron chi connectivity index (χ1n) is 9.14. The van der Waals surface area contributed by atoms with Crippen molar-refractivity contribution in [1.82, 2.24) is 9.88 Å². The molecule has 7 heteroatoms. The van der Waals surface area contributed by atoms with Gasteiger partial charge in [0.2, 0.25) is 0 Å². The molecule has 3 aromatic rings. The van der Waals surface area contributed by atoms with Gasteiger partial charge < -0.3 is 10.0 Å². The zero-order valence-electron chi connectivity index (χ0n) is 15.6. The Hall–Kier alpha value is -2.96. The average molecular weight is 484 g/mol. The lowest BCUT2D eigenvalue weighted by Crippen LogP contribution is -2.29. The van der Waals surface area contributed by atoms with E-state index in [1.54, 1.807) is 42.7 Å². The molecule has 0 spiro atoms. The summed E-state index contributed by atoms with van der Waals surface area (Å²) in [6.45, 7) is 0.187. The molecule has 0 unspecified atom stereocenters. The summed E-state index contributed by atoms with van der Waals surface area (Å²) < 4.78 is 0.804. The van der Waals surface area contributed by atoms with E-state index in [1.807, 2.05) is 30.3 Å². The van der Waals surface area contributed by atoms with E-state index in [0.717, 1.165) is 10.0 Å². The molecule has 2 heterocycles. The fourth-order valence-corrected chi connectivity index (χ4v) is 4.06. The zero-order valence-corrected chi connectivity index (χ0v) is 18.0. The topological polar surface area (TPSA) is 70.5 Å². The summed E-state index contributed by atoms with van der Waals surface area (Å²) in [7, 11) is 0. The largest absolute Gasteiger partial charge is 0.507 e. The maximum absolute atomic E-state index is 13.0. The normalized spacial score (nSPS) is 18.1. The summed E-state index contributed by atoms with van der Waals surface area (Å²) in [5, 5.41) is 11.5. The Balaban J connectivity index is 1.87. The van der Waals surface area contributed by atoms with Crippen molar-refractivity contribution >= 4 is 45.0 Å². The van der Waals surface area contributed by atoms with Crippen molar-refractivity contribution in [3.8, 4) is 0 Å². The molecule has 30 heavy (non-hydrogen) atoms. The minimum Gasteiger partial charge on any atom is -0.507 e. The summed E-state index contributed by atoms with van der Waals surface area (Å²) in [5.74, 6) is -1.63. The van der Waals surface area contributed by atoms with Crippen LogP contribution in [0, 0.1) is 0 Å². The van der Waals surface area contributed by atoms with Crippen LogP contribution in [-0.2, 0) is 16.1 Å². The van der Waals surface area contributed by atoms with Gasteiger partial charge in [-0.1, -0.05) is 45.7 Å². The Bertz CT molecular complexity index is 1150. The van der Waals surface area contributed by atoms with E-state index in [0.29, 0.717) is 16.1 Å². The monoisotopic (exact) mass is 482 g/mol. The van der Waals surface area contributed by atoms with Gasteiger partial charge in [-0.3, -0.25) is 14.6 Å². The number of benzene rings is 2. The number of rotatable bonds is 4. The van der Waals surface area contributed by atoms with Gasteiger partial charge in [-0.25, -0.2) is 0 Å². The number of Topliss-reactive ketones (excluding diaryl/α,β-unsaturated/α-hetero) is 1. The van der Waals surface area contributed by atoms with E-state index in [2.05, 4.69) is 20.9 Å². The van der Waals surface area contributed by atoms with Crippen LogP contribution in [-0.4, -0.2) is 26.7 Å². The summed E-state index contributed by atoms with van der Waals surface area (Å²) in [6.07, 6.45) is 3.29. The molecule has 0 radical (unpaired) electrons. The Morgan fingerprint density at radius 3 is 2.53 bits per heavy atom. The lowest BCUT2D eigenvalue weighted by atomic mass is 9.95. The first-order chi connectivity index (χ1) is 14.5. The minimum atomic E-state index is -0.738. The van der Waals surface area contributed by atoms with E-state index >= 15 is 0 Å². The fraction of sp³-hybridized carbons (Fsp3) is 0.0870. The number of carbonyl (C=O) groups excluding carboxylic acids is 2. The summed E-state index contributed by atoms with van der Waals surface area (Å²) in [5.41, 5.74) is 1.96. The molecule has 1 aliphatic heterocycles. The quantitative estimate of drug-likeness (QED) is 0.318. The number of hydrogen-bond acceptors (Lipinski definition) is 4. The molecule has 1 amide bonds. The number of aliphatic hydroxyl groups is 1. The molecule has 150 valence electrons. The highest BCUT2D eigenvalue weighted by Crippen LogP contribution is 2.40. The van der Waals surface area contributed by atoms with E-state index in [9.17, 15) is 14.7 Å². The molecule has 2 aromatic carbocycles. The predicted octanol–water partition coefficient (Wildman–Crippen LogP) is 5.12. The van der Waals surface area contributed by atoms with Gasteiger partial charge in [0.05, 0.1) is 11.6 Å². The van der Waals surface area contributed by atoms with Crippen molar-refractivity contribution < 1.29 is 14.7 Å². The highest BCUT2D eigenvalue weighted by Gasteiger charge is 2.46. The maximum atomic E-state index is 13.0. The third kappa shape index (κ3) is 3.88. The van der Waals surface area contributed by atoms with E-state index in [4.69, 9.17) is 11.6 Å². The first kappa shape index (κ1) is 20.3. The van der Waals surface area contributed by atoms with Crippen molar-refractivity contribution in [3.05, 3.63) is 105 Å². The lowest BCUT2D eigenvalue weighted by molar-refractivity contribution is -0.140. The molecule has 0 aliphatic carbocycles. The second kappa shape index (κ2) is 8.42.